The molecular weight excluding hydrogens is 362 g/mol. The average Bonchev–Trinajstić information content (AvgIpc) is 3.20. The van der Waals surface area contributed by atoms with Crippen LogP contribution in [0, 0.1) is 41.7 Å². The minimum Gasteiger partial charge on any atom is -0.359 e. The van der Waals surface area contributed by atoms with E-state index in [0.717, 1.165) is 19.3 Å². The fourth-order valence-electron chi connectivity index (χ4n) is 6.08. The van der Waals surface area contributed by atoms with E-state index in [0.29, 0.717) is 34.9 Å². The molecule has 4 bridgehead atoms. The number of amides is 1. The topological polar surface area (TPSA) is 116 Å². The summed E-state index contributed by atoms with van der Waals surface area (Å²) in [5.41, 5.74) is 0.375. The summed E-state index contributed by atoms with van der Waals surface area (Å²) in [6.45, 7) is 3.38. The molecule has 1 N–H and O–H groups in total. The van der Waals surface area contributed by atoms with E-state index in [9.17, 15) is 14.9 Å². The third kappa shape index (κ3) is 2.56. The first-order chi connectivity index (χ1) is 13.3. The van der Waals surface area contributed by atoms with Crippen molar-refractivity contribution in [3.05, 3.63) is 33.5 Å². The Morgan fingerprint density at radius 1 is 1.25 bits per heavy atom. The summed E-state index contributed by atoms with van der Waals surface area (Å²) in [6, 6.07) is 0. The van der Waals surface area contributed by atoms with Crippen LogP contribution in [-0.2, 0) is 5.54 Å². The van der Waals surface area contributed by atoms with Gasteiger partial charge in [0.25, 0.3) is 5.91 Å². The van der Waals surface area contributed by atoms with Crippen LogP contribution in [0.3, 0.4) is 0 Å². The summed E-state index contributed by atoms with van der Waals surface area (Å²) in [5, 5.41) is 22.6. The lowest BCUT2D eigenvalue weighted by atomic mass is 9.53. The van der Waals surface area contributed by atoms with E-state index in [1.165, 1.54) is 25.5 Å². The summed E-state index contributed by atoms with van der Waals surface area (Å²) < 4.78 is 6.80. The monoisotopic (exact) mass is 385 g/mol. The Hall–Kier alpha value is -2.71. The molecule has 0 radical (unpaired) electrons. The molecule has 4 fully saturated rings. The molecule has 28 heavy (non-hydrogen) atoms. The molecule has 0 aromatic carbocycles. The molecule has 4 aliphatic carbocycles. The Morgan fingerprint density at radius 2 is 1.86 bits per heavy atom. The summed E-state index contributed by atoms with van der Waals surface area (Å²) in [7, 11) is 0. The van der Waals surface area contributed by atoms with Crippen LogP contribution in [0.25, 0.3) is 0 Å². The van der Waals surface area contributed by atoms with Crippen LogP contribution in [0.1, 0.15) is 60.5 Å². The molecule has 0 atom stereocenters. The van der Waals surface area contributed by atoms with E-state index in [-0.39, 0.29) is 16.9 Å². The van der Waals surface area contributed by atoms with Gasteiger partial charge in [-0.15, -0.1) is 0 Å². The number of hydrogen-bond acceptors (Lipinski definition) is 6. The maximum absolute atomic E-state index is 12.8. The Kier molecular flexibility index (Phi) is 3.66. The molecule has 0 saturated heterocycles. The number of hydrogen-bond donors (Lipinski definition) is 1. The second kappa shape index (κ2) is 5.89. The van der Waals surface area contributed by atoms with E-state index in [1.807, 2.05) is 0 Å². The van der Waals surface area contributed by atoms with Crippen LogP contribution >= 0.6 is 0 Å². The van der Waals surface area contributed by atoms with Gasteiger partial charge >= 0.3 is 5.69 Å². The highest BCUT2D eigenvalue weighted by molar-refractivity contribution is 6.06. The third-order valence-corrected chi connectivity index (χ3v) is 6.87. The number of aryl methyl sites for hydroxylation is 2. The van der Waals surface area contributed by atoms with Crippen molar-refractivity contribution in [2.45, 2.75) is 57.9 Å². The maximum atomic E-state index is 12.8. The first-order valence-corrected chi connectivity index (χ1v) is 9.83. The predicted octanol–water partition coefficient (Wildman–Crippen LogP) is 3.57. The van der Waals surface area contributed by atoms with Crippen molar-refractivity contribution in [1.82, 2.24) is 14.9 Å². The molecule has 4 aliphatic rings. The van der Waals surface area contributed by atoms with Gasteiger partial charge in [0.15, 0.2) is 5.76 Å². The zero-order chi connectivity index (χ0) is 19.6. The molecule has 2 aromatic heterocycles. The molecule has 4 saturated carbocycles. The summed E-state index contributed by atoms with van der Waals surface area (Å²) in [5.74, 6) is 1.87. The van der Waals surface area contributed by atoms with E-state index < -0.39 is 10.8 Å². The second-order valence-electron chi connectivity index (χ2n) is 8.86. The van der Waals surface area contributed by atoms with Crippen molar-refractivity contribution in [3.8, 4) is 0 Å². The number of aromatic nitrogens is 3. The number of nitrogens with one attached hydrogen (secondary N) is 1. The van der Waals surface area contributed by atoms with Gasteiger partial charge < -0.3 is 9.84 Å². The van der Waals surface area contributed by atoms with Crippen molar-refractivity contribution in [2.24, 2.45) is 17.8 Å². The number of rotatable bonds is 4. The summed E-state index contributed by atoms with van der Waals surface area (Å²) in [4.78, 5) is 23.9. The molecule has 6 rings (SSSR count). The van der Waals surface area contributed by atoms with Gasteiger partial charge in [0.1, 0.15) is 17.6 Å². The highest BCUT2D eigenvalue weighted by atomic mass is 16.6. The van der Waals surface area contributed by atoms with Crippen LogP contribution in [0.5, 0.6) is 0 Å². The standard InChI is InChI=1S/C19H23N5O4/c1-10-16(11(2)28-22-10)20-18(25)17-15(24(26)27)9-23(21-17)19-6-12-3-13(7-19)5-14(4-12)8-19/h9,12-14H,3-8H2,1-2H3,(H,20,25). The van der Waals surface area contributed by atoms with Crippen LogP contribution in [0.2, 0.25) is 0 Å². The zero-order valence-corrected chi connectivity index (χ0v) is 16.0. The maximum Gasteiger partial charge on any atom is 0.320 e. The Bertz CT molecular complexity index is 920. The Labute approximate surface area is 161 Å². The zero-order valence-electron chi connectivity index (χ0n) is 16.0. The first-order valence-electron chi connectivity index (χ1n) is 9.83. The number of anilines is 1. The number of carbonyl (C=O) groups is 1. The summed E-state index contributed by atoms with van der Waals surface area (Å²) >= 11 is 0. The quantitative estimate of drug-likeness (QED) is 0.635. The van der Waals surface area contributed by atoms with Gasteiger partial charge in [-0.25, -0.2) is 0 Å². The first kappa shape index (κ1) is 17.4. The number of nitro groups is 1. The van der Waals surface area contributed by atoms with Gasteiger partial charge in [0, 0.05) is 0 Å². The van der Waals surface area contributed by atoms with Gasteiger partial charge in [-0.05, 0) is 70.1 Å². The van der Waals surface area contributed by atoms with Crippen LogP contribution in [-0.4, -0.2) is 25.8 Å². The highest BCUT2D eigenvalue weighted by Gasteiger charge is 2.53. The van der Waals surface area contributed by atoms with Crippen LogP contribution < -0.4 is 5.32 Å². The van der Waals surface area contributed by atoms with E-state index in [4.69, 9.17) is 4.52 Å². The molecule has 9 heteroatoms. The largest absolute Gasteiger partial charge is 0.359 e. The van der Waals surface area contributed by atoms with Gasteiger partial charge in [0.2, 0.25) is 5.69 Å². The van der Waals surface area contributed by atoms with Gasteiger partial charge in [0.05, 0.1) is 10.5 Å². The third-order valence-electron chi connectivity index (χ3n) is 6.87. The van der Waals surface area contributed by atoms with Crippen molar-refractivity contribution in [1.29, 1.82) is 0 Å². The lowest BCUT2D eigenvalue weighted by Gasteiger charge is -2.56. The van der Waals surface area contributed by atoms with Gasteiger partial charge in [-0.1, -0.05) is 5.16 Å². The Balaban J connectivity index is 1.50. The normalized spacial score (nSPS) is 30.6. The molecule has 148 valence electrons. The van der Waals surface area contributed by atoms with Crippen molar-refractivity contribution < 1.29 is 14.2 Å². The molecule has 0 unspecified atom stereocenters. The molecule has 0 spiro atoms. The number of carbonyl (C=O) groups excluding carboxylic acids is 1. The van der Waals surface area contributed by atoms with E-state index in [2.05, 4.69) is 15.6 Å². The van der Waals surface area contributed by atoms with Gasteiger partial charge in [-0.2, -0.15) is 5.10 Å². The smallest absolute Gasteiger partial charge is 0.320 e. The SMILES string of the molecule is Cc1noc(C)c1NC(=O)c1nn(C23CC4CC(CC(C4)C2)C3)cc1[N+](=O)[O-]. The van der Waals surface area contributed by atoms with Crippen molar-refractivity contribution in [3.63, 3.8) is 0 Å². The summed E-state index contributed by atoms with van der Waals surface area (Å²) in [6.07, 6.45) is 8.27. The second-order valence-corrected chi connectivity index (χ2v) is 8.86. The lowest BCUT2D eigenvalue weighted by Crippen LogP contribution is -2.52. The lowest BCUT2D eigenvalue weighted by molar-refractivity contribution is -0.385. The Morgan fingerprint density at radius 3 is 2.36 bits per heavy atom. The predicted molar refractivity (Wildman–Crippen MR) is 99.0 cm³/mol. The molecule has 9 nitrogen and oxygen atoms in total. The van der Waals surface area contributed by atoms with Crippen molar-refractivity contribution in [2.75, 3.05) is 5.32 Å². The fraction of sp³-hybridized carbons (Fsp3) is 0.632. The molecule has 2 aromatic rings. The molecule has 0 aliphatic heterocycles. The van der Waals surface area contributed by atoms with Gasteiger partial charge in [-0.3, -0.25) is 19.6 Å². The van der Waals surface area contributed by atoms with Crippen LogP contribution in [0.4, 0.5) is 11.4 Å². The molecule has 1 amide bonds. The minimum absolute atomic E-state index is 0.152. The number of nitrogens with zero attached hydrogens (tertiary/aromatic N) is 4. The molecular formula is C19H23N5O4. The highest BCUT2D eigenvalue weighted by Crippen LogP contribution is 2.58. The molecule has 2 heterocycles. The van der Waals surface area contributed by atoms with E-state index in [1.54, 1.807) is 18.5 Å². The average molecular weight is 385 g/mol. The minimum atomic E-state index is -0.607. The van der Waals surface area contributed by atoms with E-state index >= 15 is 0 Å². The van der Waals surface area contributed by atoms with Crippen LogP contribution in [0.15, 0.2) is 10.7 Å². The fourth-order valence-corrected chi connectivity index (χ4v) is 6.08. The van der Waals surface area contributed by atoms with Crippen molar-refractivity contribution >= 4 is 17.3 Å².